The fourth-order valence-electron chi connectivity index (χ4n) is 0.248. The van der Waals surface area contributed by atoms with E-state index in [-0.39, 0.29) is 0 Å². The summed E-state index contributed by atoms with van der Waals surface area (Å²) in [6, 6.07) is 0. The van der Waals surface area contributed by atoms with Gasteiger partial charge in [-0.1, -0.05) is 23.2 Å². The average molecular weight is 183 g/mol. The third-order valence-electron chi connectivity index (χ3n) is 0.690. The minimum Gasteiger partial charge on any atom is -0.477 e. The van der Waals surface area contributed by atoms with Gasteiger partial charge >= 0.3 is 5.97 Å². The van der Waals surface area contributed by atoms with Crippen LogP contribution in [0.3, 0.4) is 0 Å². The molecule has 0 atom stereocenters. The van der Waals surface area contributed by atoms with Gasteiger partial charge in [-0.2, -0.15) is 0 Å². The quantitative estimate of drug-likeness (QED) is 0.657. The molecule has 5 heteroatoms. The van der Waals surface area contributed by atoms with Crippen molar-refractivity contribution in [2.45, 2.75) is 6.92 Å². The molecular weight excluding hydrogens is 179 g/mol. The van der Waals surface area contributed by atoms with Gasteiger partial charge < -0.3 is 5.11 Å². The van der Waals surface area contributed by atoms with Crippen molar-refractivity contribution in [3.05, 3.63) is 10.1 Å². The summed E-state index contributed by atoms with van der Waals surface area (Å²) in [5.41, 5.74) is 0. The van der Waals surface area contributed by atoms with E-state index in [4.69, 9.17) is 28.3 Å². The zero-order chi connectivity index (χ0) is 8.31. The Morgan fingerprint density at radius 3 is 1.70 bits per heavy atom. The van der Waals surface area contributed by atoms with Crippen molar-refractivity contribution in [1.82, 2.24) is 0 Å². The largest absolute Gasteiger partial charge is 0.477 e. The zero-order valence-electron chi connectivity index (χ0n) is 5.02. The summed E-state index contributed by atoms with van der Waals surface area (Å²) in [5, 5.41) is 7.08. The SMILES string of the molecule is CC(=O)C(Cl)=C(Cl)C(=O)O. The van der Waals surface area contributed by atoms with Crippen LogP contribution in [0.15, 0.2) is 10.1 Å². The van der Waals surface area contributed by atoms with E-state index in [9.17, 15) is 9.59 Å². The van der Waals surface area contributed by atoms with Crippen LogP contribution in [-0.2, 0) is 9.59 Å². The molecule has 0 rings (SSSR count). The highest BCUT2D eigenvalue weighted by Gasteiger charge is 2.12. The molecule has 0 aromatic rings. The van der Waals surface area contributed by atoms with Gasteiger partial charge in [0.05, 0.1) is 0 Å². The Morgan fingerprint density at radius 2 is 1.60 bits per heavy atom. The van der Waals surface area contributed by atoms with Gasteiger partial charge in [0.15, 0.2) is 5.78 Å². The molecule has 0 heterocycles. The van der Waals surface area contributed by atoms with Crippen molar-refractivity contribution in [3.8, 4) is 0 Å². The lowest BCUT2D eigenvalue weighted by Gasteiger charge is -1.91. The van der Waals surface area contributed by atoms with Crippen molar-refractivity contribution in [2.24, 2.45) is 0 Å². The van der Waals surface area contributed by atoms with Gasteiger partial charge in [0.2, 0.25) is 0 Å². The summed E-state index contributed by atoms with van der Waals surface area (Å²) in [4.78, 5) is 20.4. The van der Waals surface area contributed by atoms with Crippen LogP contribution in [0, 0.1) is 0 Å². The third kappa shape index (κ3) is 2.37. The van der Waals surface area contributed by atoms with Crippen molar-refractivity contribution in [1.29, 1.82) is 0 Å². The van der Waals surface area contributed by atoms with E-state index in [0.29, 0.717) is 0 Å². The van der Waals surface area contributed by atoms with Gasteiger partial charge in [-0.25, -0.2) is 4.79 Å². The predicted molar refractivity (Wildman–Crippen MR) is 37.0 cm³/mol. The molecule has 0 amide bonds. The second kappa shape index (κ2) is 3.58. The molecule has 1 N–H and O–H groups in total. The lowest BCUT2D eigenvalue weighted by Crippen LogP contribution is -2.00. The number of allylic oxidation sites excluding steroid dienone is 1. The first-order valence-corrected chi connectivity index (χ1v) is 3.02. The van der Waals surface area contributed by atoms with E-state index in [2.05, 4.69) is 0 Å². The van der Waals surface area contributed by atoms with Crippen LogP contribution in [-0.4, -0.2) is 16.9 Å². The molecule has 0 bridgehead atoms. The molecule has 0 fully saturated rings. The van der Waals surface area contributed by atoms with Crippen LogP contribution in [0.4, 0.5) is 0 Å². The van der Waals surface area contributed by atoms with E-state index < -0.39 is 21.8 Å². The first-order chi connectivity index (χ1) is 4.46. The minimum atomic E-state index is -1.40. The van der Waals surface area contributed by atoms with Gasteiger partial charge in [-0.15, -0.1) is 0 Å². The number of hydrogen-bond donors (Lipinski definition) is 1. The Hall–Kier alpha value is -0.540. The van der Waals surface area contributed by atoms with Crippen molar-refractivity contribution in [3.63, 3.8) is 0 Å². The van der Waals surface area contributed by atoms with Gasteiger partial charge in [0.25, 0.3) is 0 Å². The maximum atomic E-state index is 10.4. The maximum Gasteiger partial charge on any atom is 0.348 e. The van der Waals surface area contributed by atoms with E-state index in [1.807, 2.05) is 0 Å². The molecule has 0 aromatic heterocycles. The second-order valence-electron chi connectivity index (χ2n) is 1.49. The Kier molecular flexibility index (Phi) is 3.39. The fourth-order valence-corrected chi connectivity index (χ4v) is 0.462. The number of rotatable bonds is 2. The summed E-state index contributed by atoms with van der Waals surface area (Å²) in [6.07, 6.45) is 0. The molecule has 0 saturated carbocycles. The topological polar surface area (TPSA) is 54.4 Å². The fraction of sp³-hybridized carbons (Fsp3) is 0.200. The number of carbonyl (C=O) groups excluding carboxylic acids is 1. The maximum absolute atomic E-state index is 10.4. The smallest absolute Gasteiger partial charge is 0.348 e. The summed E-state index contributed by atoms with van der Waals surface area (Å²) in [7, 11) is 0. The number of carboxylic acid groups (broad SMARTS) is 1. The van der Waals surface area contributed by atoms with E-state index in [1.165, 1.54) is 0 Å². The molecule has 10 heavy (non-hydrogen) atoms. The molecule has 0 radical (unpaired) electrons. The van der Waals surface area contributed by atoms with Crippen LogP contribution in [0.2, 0.25) is 0 Å². The number of Topliss-reactive ketones (excluding diaryl/α,β-unsaturated/α-hetero) is 1. The van der Waals surface area contributed by atoms with Crippen LogP contribution >= 0.6 is 23.2 Å². The Bertz CT molecular complexity index is 185. The van der Waals surface area contributed by atoms with E-state index >= 15 is 0 Å². The molecule has 56 valence electrons. The monoisotopic (exact) mass is 182 g/mol. The van der Waals surface area contributed by atoms with Crippen LogP contribution in [0.1, 0.15) is 6.92 Å². The minimum absolute atomic E-state index is 0.450. The first kappa shape index (κ1) is 9.46. The number of halogens is 2. The first-order valence-electron chi connectivity index (χ1n) is 2.26. The molecule has 0 aromatic carbocycles. The molecule has 0 saturated heterocycles. The Balaban J connectivity index is 4.67. The standard InChI is InChI=1S/C5H4Cl2O3/c1-2(8)3(6)4(7)5(9)10/h1H3,(H,9,10). The van der Waals surface area contributed by atoms with Crippen LogP contribution in [0.5, 0.6) is 0 Å². The third-order valence-corrected chi connectivity index (χ3v) is 1.59. The lowest BCUT2D eigenvalue weighted by molar-refractivity contribution is -0.132. The number of aliphatic carboxylic acids is 1. The highest BCUT2D eigenvalue weighted by molar-refractivity contribution is 6.53. The highest BCUT2D eigenvalue weighted by atomic mass is 35.5. The summed E-state index contributed by atoms with van der Waals surface area (Å²) >= 11 is 10.3. The van der Waals surface area contributed by atoms with Crippen molar-refractivity contribution in [2.75, 3.05) is 0 Å². The van der Waals surface area contributed by atoms with E-state index in [1.54, 1.807) is 0 Å². The van der Waals surface area contributed by atoms with Crippen LogP contribution in [0.25, 0.3) is 0 Å². The van der Waals surface area contributed by atoms with Gasteiger partial charge in [0.1, 0.15) is 10.1 Å². The van der Waals surface area contributed by atoms with Crippen molar-refractivity contribution >= 4 is 35.0 Å². The van der Waals surface area contributed by atoms with Crippen LogP contribution < -0.4 is 0 Å². The zero-order valence-corrected chi connectivity index (χ0v) is 6.53. The van der Waals surface area contributed by atoms with Gasteiger partial charge in [-0.3, -0.25) is 4.79 Å². The predicted octanol–water partition coefficient (Wildman–Crippen LogP) is 1.35. The average Bonchev–Trinajstić information content (AvgIpc) is 1.84. The molecule has 0 aliphatic carbocycles. The molecule has 0 spiro atoms. The number of hydrogen-bond acceptors (Lipinski definition) is 2. The summed E-state index contributed by atoms with van der Waals surface area (Å²) in [6.45, 7) is 1.13. The van der Waals surface area contributed by atoms with Gasteiger partial charge in [0, 0.05) is 6.92 Å². The molecule has 0 aliphatic heterocycles. The molecule has 3 nitrogen and oxygen atoms in total. The Morgan fingerprint density at radius 1 is 1.20 bits per heavy atom. The number of ketones is 1. The molecular formula is C5H4Cl2O3. The number of carbonyl (C=O) groups is 2. The lowest BCUT2D eigenvalue weighted by atomic mass is 10.4. The normalized spacial score (nSPS) is 12.3. The molecule has 0 unspecified atom stereocenters. The Labute approximate surface area is 67.2 Å². The number of carboxylic acids is 1. The summed E-state index contributed by atoms with van der Waals surface area (Å²) < 4.78 is 0. The summed E-state index contributed by atoms with van der Waals surface area (Å²) in [5.74, 6) is -1.96. The van der Waals surface area contributed by atoms with Crippen molar-refractivity contribution < 1.29 is 14.7 Å². The second-order valence-corrected chi connectivity index (χ2v) is 2.25. The van der Waals surface area contributed by atoms with E-state index in [0.717, 1.165) is 6.92 Å². The highest BCUT2D eigenvalue weighted by Crippen LogP contribution is 2.14. The van der Waals surface area contributed by atoms with Gasteiger partial charge in [-0.05, 0) is 0 Å². The molecule has 0 aliphatic rings.